The summed E-state index contributed by atoms with van der Waals surface area (Å²) in [6.07, 6.45) is 5.03. The predicted molar refractivity (Wildman–Crippen MR) is 100 cm³/mol. The van der Waals surface area contributed by atoms with Crippen LogP contribution in [0.25, 0.3) is 0 Å². The lowest BCUT2D eigenvalue weighted by molar-refractivity contribution is 0.363. The Hall–Kier alpha value is -2.63. The van der Waals surface area contributed by atoms with Gasteiger partial charge in [-0.05, 0) is 29.1 Å². The molecule has 136 valence electrons. The van der Waals surface area contributed by atoms with Gasteiger partial charge >= 0.3 is 0 Å². The Morgan fingerprint density at radius 3 is 2.65 bits per heavy atom. The van der Waals surface area contributed by atoms with E-state index in [4.69, 9.17) is 4.52 Å². The van der Waals surface area contributed by atoms with Gasteiger partial charge in [0.1, 0.15) is 0 Å². The van der Waals surface area contributed by atoms with E-state index in [1.807, 2.05) is 6.20 Å². The zero-order valence-corrected chi connectivity index (χ0v) is 15.4. The zero-order valence-electron chi connectivity index (χ0n) is 15.4. The third-order valence-electron chi connectivity index (χ3n) is 5.10. The van der Waals surface area contributed by atoms with Gasteiger partial charge in [0.15, 0.2) is 0 Å². The molecule has 0 atom stereocenters. The molecule has 3 aromatic rings. The molecule has 0 aliphatic carbocycles. The molecule has 0 saturated carbocycles. The lowest BCUT2D eigenvalue weighted by atomic mass is 9.90. The molecule has 0 radical (unpaired) electrons. The molecule has 0 amide bonds. The number of H-pyrrole nitrogens is 1. The molecule has 0 bridgehead atoms. The zero-order chi connectivity index (χ0) is 17.9. The van der Waals surface area contributed by atoms with E-state index >= 15 is 0 Å². The molecule has 2 aromatic heterocycles. The first-order valence-corrected chi connectivity index (χ1v) is 9.35. The summed E-state index contributed by atoms with van der Waals surface area (Å²) in [5, 5.41) is 11.7. The number of aromatic amines is 1. The number of nitrogens with one attached hydrogen (secondary N) is 1. The summed E-state index contributed by atoms with van der Waals surface area (Å²) in [5.74, 6) is 2.20. The Kier molecular flexibility index (Phi) is 4.73. The highest BCUT2D eigenvalue weighted by molar-refractivity contribution is 5.33. The molecule has 1 aliphatic rings. The summed E-state index contributed by atoms with van der Waals surface area (Å²) < 4.78 is 5.34. The van der Waals surface area contributed by atoms with Crippen molar-refractivity contribution in [1.82, 2.24) is 20.3 Å². The maximum absolute atomic E-state index is 5.34. The van der Waals surface area contributed by atoms with Crippen molar-refractivity contribution in [3.8, 4) is 0 Å². The molecular weight excluding hydrogens is 326 g/mol. The third kappa shape index (κ3) is 3.49. The SMILES string of the molecule is CC(C)c1nc(N2CCC(c3[nH]ncc3Cc3ccccc3)CC2)no1. The first-order valence-electron chi connectivity index (χ1n) is 9.35. The highest BCUT2D eigenvalue weighted by Gasteiger charge is 2.26. The number of hydrogen-bond donors (Lipinski definition) is 1. The largest absolute Gasteiger partial charge is 0.338 e. The van der Waals surface area contributed by atoms with Crippen LogP contribution in [0.1, 0.15) is 61.2 Å². The van der Waals surface area contributed by atoms with Gasteiger partial charge in [0.2, 0.25) is 5.89 Å². The van der Waals surface area contributed by atoms with Gasteiger partial charge in [-0.2, -0.15) is 10.1 Å². The van der Waals surface area contributed by atoms with Crippen molar-refractivity contribution >= 4 is 5.95 Å². The van der Waals surface area contributed by atoms with Crippen molar-refractivity contribution in [2.75, 3.05) is 18.0 Å². The van der Waals surface area contributed by atoms with Crippen LogP contribution in [-0.2, 0) is 6.42 Å². The van der Waals surface area contributed by atoms with Crippen molar-refractivity contribution < 1.29 is 4.52 Å². The Balaban J connectivity index is 1.41. The summed E-state index contributed by atoms with van der Waals surface area (Å²) in [5.41, 5.74) is 3.90. The Labute approximate surface area is 153 Å². The highest BCUT2D eigenvalue weighted by atomic mass is 16.5. The van der Waals surface area contributed by atoms with Crippen molar-refractivity contribution in [2.24, 2.45) is 0 Å². The quantitative estimate of drug-likeness (QED) is 0.755. The van der Waals surface area contributed by atoms with Gasteiger partial charge in [0.25, 0.3) is 5.95 Å². The second-order valence-corrected chi connectivity index (χ2v) is 7.32. The minimum absolute atomic E-state index is 0.263. The van der Waals surface area contributed by atoms with Crippen LogP contribution in [0.5, 0.6) is 0 Å². The second-order valence-electron chi connectivity index (χ2n) is 7.32. The second kappa shape index (κ2) is 7.32. The van der Waals surface area contributed by atoms with Crippen LogP contribution in [0.3, 0.4) is 0 Å². The van der Waals surface area contributed by atoms with Crippen LogP contribution < -0.4 is 4.90 Å². The van der Waals surface area contributed by atoms with Crippen molar-refractivity contribution in [1.29, 1.82) is 0 Å². The molecule has 26 heavy (non-hydrogen) atoms. The minimum atomic E-state index is 0.263. The first-order chi connectivity index (χ1) is 12.7. The fourth-order valence-corrected chi connectivity index (χ4v) is 3.59. The number of anilines is 1. The van der Waals surface area contributed by atoms with E-state index in [-0.39, 0.29) is 5.92 Å². The fraction of sp³-hybridized carbons (Fsp3) is 0.450. The molecule has 6 nitrogen and oxygen atoms in total. The number of nitrogens with zero attached hydrogens (tertiary/aromatic N) is 4. The minimum Gasteiger partial charge on any atom is -0.338 e. The lowest BCUT2D eigenvalue weighted by Gasteiger charge is -2.30. The van der Waals surface area contributed by atoms with E-state index in [2.05, 4.69) is 69.4 Å². The smallest absolute Gasteiger partial charge is 0.266 e. The number of rotatable bonds is 5. The number of hydrogen-bond acceptors (Lipinski definition) is 5. The third-order valence-corrected chi connectivity index (χ3v) is 5.10. The van der Waals surface area contributed by atoms with Gasteiger partial charge in [-0.15, -0.1) is 0 Å². The average molecular weight is 351 g/mol. The van der Waals surface area contributed by atoms with Crippen LogP contribution in [0, 0.1) is 0 Å². The summed E-state index contributed by atoms with van der Waals surface area (Å²) in [6.45, 7) is 6.00. The average Bonchev–Trinajstić information content (AvgIpc) is 3.32. The molecule has 1 aliphatic heterocycles. The Morgan fingerprint density at radius 1 is 1.19 bits per heavy atom. The van der Waals surface area contributed by atoms with Crippen LogP contribution in [0.15, 0.2) is 41.1 Å². The fourth-order valence-electron chi connectivity index (χ4n) is 3.59. The molecule has 1 fully saturated rings. The highest BCUT2D eigenvalue weighted by Crippen LogP contribution is 2.31. The van der Waals surface area contributed by atoms with Crippen molar-refractivity contribution in [3.05, 3.63) is 59.2 Å². The van der Waals surface area contributed by atoms with Crippen LogP contribution in [-0.4, -0.2) is 33.4 Å². The molecule has 3 heterocycles. The molecular formula is C20H25N5O. The summed E-state index contributed by atoms with van der Waals surface area (Å²) in [7, 11) is 0. The Bertz CT molecular complexity index is 831. The molecule has 1 N–H and O–H groups in total. The first kappa shape index (κ1) is 16.8. The lowest BCUT2D eigenvalue weighted by Crippen LogP contribution is -2.34. The van der Waals surface area contributed by atoms with Crippen LogP contribution in [0.4, 0.5) is 5.95 Å². The Morgan fingerprint density at radius 2 is 1.96 bits per heavy atom. The molecule has 4 rings (SSSR count). The molecule has 0 spiro atoms. The number of piperidine rings is 1. The maximum Gasteiger partial charge on any atom is 0.266 e. The normalized spacial score (nSPS) is 15.7. The van der Waals surface area contributed by atoms with E-state index in [1.54, 1.807) is 0 Å². The van der Waals surface area contributed by atoms with Gasteiger partial charge in [-0.25, -0.2) is 0 Å². The van der Waals surface area contributed by atoms with Gasteiger partial charge in [0, 0.05) is 37.0 Å². The van der Waals surface area contributed by atoms with Gasteiger partial charge in [-0.1, -0.05) is 44.2 Å². The van der Waals surface area contributed by atoms with Gasteiger partial charge in [-0.3, -0.25) is 5.10 Å². The summed E-state index contributed by atoms with van der Waals surface area (Å²) in [4.78, 5) is 6.74. The summed E-state index contributed by atoms with van der Waals surface area (Å²) in [6, 6.07) is 10.6. The van der Waals surface area contributed by atoms with Crippen LogP contribution >= 0.6 is 0 Å². The molecule has 1 aromatic carbocycles. The van der Waals surface area contributed by atoms with Gasteiger partial charge in [0.05, 0.1) is 6.20 Å². The van der Waals surface area contributed by atoms with Crippen molar-refractivity contribution in [3.63, 3.8) is 0 Å². The van der Waals surface area contributed by atoms with E-state index in [0.717, 1.165) is 38.3 Å². The van der Waals surface area contributed by atoms with E-state index < -0.39 is 0 Å². The topological polar surface area (TPSA) is 70.8 Å². The summed E-state index contributed by atoms with van der Waals surface area (Å²) >= 11 is 0. The van der Waals surface area contributed by atoms with E-state index in [0.29, 0.717) is 11.8 Å². The number of benzene rings is 1. The standard InChI is InChI=1S/C20H25N5O/c1-14(2)19-22-20(24-26-19)25-10-8-16(9-11-25)18-17(13-21-23-18)12-15-6-4-3-5-7-15/h3-7,13-14,16H,8-12H2,1-2H3,(H,21,23). The number of aromatic nitrogens is 4. The van der Waals surface area contributed by atoms with Crippen molar-refractivity contribution in [2.45, 2.75) is 44.9 Å². The van der Waals surface area contributed by atoms with Crippen LogP contribution in [0.2, 0.25) is 0 Å². The van der Waals surface area contributed by atoms with Gasteiger partial charge < -0.3 is 9.42 Å². The monoisotopic (exact) mass is 351 g/mol. The van der Waals surface area contributed by atoms with E-state index in [9.17, 15) is 0 Å². The predicted octanol–water partition coefficient (Wildman–Crippen LogP) is 3.89. The maximum atomic E-state index is 5.34. The molecule has 0 unspecified atom stereocenters. The molecule has 6 heteroatoms. The van der Waals surface area contributed by atoms with E-state index in [1.165, 1.54) is 16.8 Å². The molecule has 1 saturated heterocycles.